The van der Waals surface area contributed by atoms with Gasteiger partial charge in [0.2, 0.25) is 0 Å². The van der Waals surface area contributed by atoms with E-state index in [0.717, 1.165) is 19.6 Å². The van der Waals surface area contributed by atoms with Crippen LogP contribution in [0.2, 0.25) is 19.6 Å². The van der Waals surface area contributed by atoms with Gasteiger partial charge in [0.25, 0.3) is 0 Å². The number of rotatable bonds is 7. The van der Waals surface area contributed by atoms with Gasteiger partial charge in [0.15, 0.2) is 0 Å². The molecular formula is C17H32N2Si. The molecule has 20 heavy (non-hydrogen) atoms. The summed E-state index contributed by atoms with van der Waals surface area (Å²) in [5, 5.41) is 5.13. The summed E-state index contributed by atoms with van der Waals surface area (Å²) >= 11 is 0. The highest BCUT2D eigenvalue weighted by atomic mass is 28.3. The molecule has 1 aromatic carbocycles. The van der Waals surface area contributed by atoms with E-state index in [-0.39, 0.29) is 0 Å². The Morgan fingerprint density at radius 2 is 1.60 bits per heavy atom. The lowest BCUT2D eigenvalue weighted by molar-refractivity contribution is 0.232. The molecule has 114 valence electrons. The first-order chi connectivity index (χ1) is 9.10. The Kier molecular flexibility index (Phi) is 5.99. The highest BCUT2D eigenvalue weighted by molar-refractivity contribution is 6.88. The summed E-state index contributed by atoms with van der Waals surface area (Å²) in [5.41, 5.74) is 1.69. The van der Waals surface area contributed by atoms with Crippen molar-refractivity contribution in [1.82, 2.24) is 10.2 Å². The first kappa shape index (κ1) is 17.4. The van der Waals surface area contributed by atoms with E-state index < -0.39 is 8.07 Å². The van der Waals surface area contributed by atoms with Gasteiger partial charge >= 0.3 is 0 Å². The average molecular weight is 293 g/mol. The van der Waals surface area contributed by atoms with E-state index >= 15 is 0 Å². The molecule has 0 amide bonds. The Bertz CT molecular complexity index is 402. The van der Waals surface area contributed by atoms with Crippen LogP contribution in [0.5, 0.6) is 0 Å². The number of nitrogens with one attached hydrogen (secondary N) is 1. The molecule has 0 bridgehead atoms. The summed E-state index contributed by atoms with van der Waals surface area (Å²) in [4.78, 5) is 2.25. The minimum absolute atomic E-state index is 0.307. The highest BCUT2D eigenvalue weighted by Crippen LogP contribution is 2.14. The maximum Gasteiger partial charge on any atom is 0.0775 e. The van der Waals surface area contributed by atoms with E-state index in [1.54, 1.807) is 0 Å². The lowest BCUT2D eigenvalue weighted by atomic mass is 9.93. The molecule has 0 atom stereocenters. The summed E-state index contributed by atoms with van der Waals surface area (Å²) in [6.45, 7) is 14.9. The topological polar surface area (TPSA) is 15.3 Å². The van der Waals surface area contributed by atoms with Crippen LogP contribution in [0.3, 0.4) is 0 Å². The summed E-state index contributed by atoms with van der Waals surface area (Å²) in [7, 11) is 3.11. The number of hydrogen-bond donors (Lipinski definition) is 1. The monoisotopic (exact) mass is 292 g/mol. The van der Waals surface area contributed by atoms with Gasteiger partial charge in [-0.3, -0.25) is 0 Å². The summed E-state index contributed by atoms with van der Waals surface area (Å²) in [5.74, 6) is 0. The van der Waals surface area contributed by atoms with Crippen molar-refractivity contribution in [3.63, 3.8) is 0 Å². The van der Waals surface area contributed by atoms with Crippen LogP contribution in [-0.4, -0.2) is 40.2 Å². The van der Waals surface area contributed by atoms with Crippen molar-refractivity contribution in [3.8, 4) is 0 Å². The van der Waals surface area contributed by atoms with Crippen LogP contribution in [-0.2, 0) is 6.54 Å². The van der Waals surface area contributed by atoms with E-state index in [9.17, 15) is 0 Å². The molecule has 0 spiro atoms. The fourth-order valence-electron chi connectivity index (χ4n) is 2.58. The van der Waals surface area contributed by atoms with Gasteiger partial charge in [0.1, 0.15) is 0 Å². The molecule has 0 aliphatic carbocycles. The van der Waals surface area contributed by atoms with E-state index in [2.05, 4.69) is 82.1 Å². The van der Waals surface area contributed by atoms with Gasteiger partial charge in [-0.1, -0.05) is 62.9 Å². The van der Waals surface area contributed by atoms with Crippen molar-refractivity contribution in [2.45, 2.75) is 40.0 Å². The summed E-state index contributed by atoms with van der Waals surface area (Å²) in [6, 6.07) is 9.18. The third-order valence-corrected chi connectivity index (χ3v) is 5.56. The van der Waals surface area contributed by atoms with Gasteiger partial charge in [-0.15, -0.1) is 0 Å². The minimum Gasteiger partial charge on any atom is -0.312 e. The molecule has 0 unspecified atom stereocenters. The average Bonchev–Trinajstić information content (AvgIpc) is 2.26. The van der Waals surface area contributed by atoms with Crippen LogP contribution < -0.4 is 10.5 Å². The second-order valence-electron chi connectivity index (χ2n) is 7.95. The van der Waals surface area contributed by atoms with Crippen molar-refractivity contribution in [3.05, 3.63) is 29.8 Å². The van der Waals surface area contributed by atoms with Gasteiger partial charge < -0.3 is 10.2 Å². The Labute approximate surface area is 126 Å². The SMILES string of the molecule is CN(C)CC(C)(C)CNCc1ccc([Si](C)(C)C)cc1. The van der Waals surface area contributed by atoms with Gasteiger partial charge in [-0.2, -0.15) is 0 Å². The Hall–Kier alpha value is -0.643. The second kappa shape index (κ2) is 6.88. The zero-order chi connectivity index (χ0) is 15.4. The Morgan fingerprint density at radius 3 is 2.05 bits per heavy atom. The molecule has 1 aromatic rings. The first-order valence-electron chi connectivity index (χ1n) is 7.55. The lowest BCUT2D eigenvalue weighted by Gasteiger charge is -2.28. The molecule has 1 rings (SSSR count). The maximum absolute atomic E-state index is 3.59. The van der Waals surface area contributed by atoms with Crippen LogP contribution in [0.15, 0.2) is 24.3 Å². The van der Waals surface area contributed by atoms with Crippen molar-refractivity contribution in [2.75, 3.05) is 27.2 Å². The van der Waals surface area contributed by atoms with Crippen molar-refractivity contribution < 1.29 is 0 Å². The molecule has 0 fully saturated rings. The van der Waals surface area contributed by atoms with Gasteiger partial charge in [0.05, 0.1) is 8.07 Å². The molecular weight excluding hydrogens is 260 g/mol. The predicted molar refractivity (Wildman–Crippen MR) is 93.5 cm³/mol. The van der Waals surface area contributed by atoms with Gasteiger partial charge in [-0.05, 0) is 25.1 Å². The fourth-order valence-corrected chi connectivity index (χ4v) is 3.75. The molecule has 0 aliphatic heterocycles. The molecule has 0 saturated carbocycles. The Balaban J connectivity index is 2.47. The van der Waals surface area contributed by atoms with E-state index in [0.29, 0.717) is 5.41 Å². The quantitative estimate of drug-likeness (QED) is 0.777. The second-order valence-corrected chi connectivity index (χ2v) is 13.0. The molecule has 0 aromatic heterocycles. The van der Waals surface area contributed by atoms with Crippen molar-refractivity contribution in [2.24, 2.45) is 5.41 Å². The standard InChI is InChI=1S/C17H32N2Si/c1-17(2,14-19(3)4)13-18-12-15-8-10-16(11-9-15)20(5,6)7/h8-11,18H,12-14H2,1-7H3. The van der Waals surface area contributed by atoms with E-state index in [1.807, 2.05) is 0 Å². The Morgan fingerprint density at radius 1 is 1.05 bits per heavy atom. The molecule has 3 heteroatoms. The molecule has 2 nitrogen and oxygen atoms in total. The minimum atomic E-state index is -1.16. The van der Waals surface area contributed by atoms with Gasteiger partial charge in [-0.25, -0.2) is 0 Å². The van der Waals surface area contributed by atoms with Crippen LogP contribution in [0, 0.1) is 5.41 Å². The third kappa shape index (κ3) is 6.20. The molecule has 0 radical (unpaired) electrons. The van der Waals surface area contributed by atoms with E-state index in [4.69, 9.17) is 0 Å². The number of benzene rings is 1. The predicted octanol–water partition coefficient (Wildman–Crippen LogP) is 2.91. The molecule has 0 heterocycles. The van der Waals surface area contributed by atoms with Gasteiger partial charge in [0, 0.05) is 19.6 Å². The normalized spacial score (nSPS) is 13.0. The summed E-state index contributed by atoms with van der Waals surface area (Å²) < 4.78 is 0. The number of nitrogens with zero attached hydrogens (tertiary/aromatic N) is 1. The van der Waals surface area contributed by atoms with Crippen molar-refractivity contribution >= 4 is 13.3 Å². The fraction of sp³-hybridized carbons (Fsp3) is 0.647. The lowest BCUT2D eigenvalue weighted by Crippen LogP contribution is -2.38. The largest absolute Gasteiger partial charge is 0.312 e. The first-order valence-corrected chi connectivity index (χ1v) is 11.0. The molecule has 1 N–H and O–H groups in total. The van der Waals surface area contributed by atoms with Crippen LogP contribution >= 0.6 is 0 Å². The number of hydrogen-bond acceptors (Lipinski definition) is 2. The third-order valence-electron chi connectivity index (χ3n) is 3.50. The zero-order valence-corrected chi connectivity index (χ0v) is 15.4. The summed E-state index contributed by atoms with van der Waals surface area (Å²) in [6.07, 6.45) is 0. The molecule has 0 aliphatic rings. The molecule has 0 saturated heterocycles. The van der Waals surface area contributed by atoms with Crippen LogP contribution in [0.25, 0.3) is 0 Å². The highest BCUT2D eigenvalue weighted by Gasteiger charge is 2.18. The zero-order valence-electron chi connectivity index (χ0n) is 14.4. The van der Waals surface area contributed by atoms with Crippen LogP contribution in [0.4, 0.5) is 0 Å². The smallest absolute Gasteiger partial charge is 0.0775 e. The maximum atomic E-state index is 3.59. The van der Waals surface area contributed by atoms with Crippen molar-refractivity contribution in [1.29, 1.82) is 0 Å². The van der Waals surface area contributed by atoms with Crippen LogP contribution in [0.1, 0.15) is 19.4 Å². The van der Waals surface area contributed by atoms with E-state index in [1.165, 1.54) is 10.8 Å².